The van der Waals surface area contributed by atoms with E-state index in [9.17, 15) is 9.90 Å². The minimum Gasteiger partial charge on any atom is -0.388 e. The average Bonchev–Trinajstić information content (AvgIpc) is 2.38. The maximum absolute atomic E-state index is 11.8. The molecule has 0 bridgehead atoms. The molecule has 1 heterocycles. The Hall–Kier alpha value is -0.910. The van der Waals surface area contributed by atoms with Crippen LogP contribution in [-0.2, 0) is 16.0 Å². The highest BCUT2D eigenvalue weighted by Gasteiger charge is 2.29. The lowest BCUT2D eigenvalue weighted by Crippen LogP contribution is -2.46. The summed E-state index contributed by atoms with van der Waals surface area (Å²) in [6.07, 6.45) is 1.47. The molecule has 1 saturated heterocycles. The fraction of sp³-hybridized carbons (Fsp3) is 0.500. The van der Waals surface area contributed by atoms with E-state index >= 15 is 0 Å². The lowest BCUT2D eigenvalue weighted by Gasteiger charge is -2.32. The van der Waals surface area contributed by atoms with Gasteiger partial charge >= 0.3 is 0 Å². The highest BCUT2D eigenvalue weighted by Crippen LogP contribution is 2.19. The van der Waals surface area contributed by atoms with Crippen molar-refractivity contribution in [3.8, 4) is 0 Å². The molecule has 1 aliphatic heterocycles. The van der Waals surface area contributed by atoms with Crippen LogP contribution in [0.15, 0.2) is 28.7 Å². The predicted octanol–water partition coefficient (Wildman–Crippen LogP) is 1.65. The van der Waals surface area contributed by atoms with Gasteiger partial charge in [0.15, 0.2) is 0 Å². The van der Waals surface area contributed by atoms with Crippen molar-refractivity contribution in [2.75, 3.05) is 19.8 Å². The van der Waals surface area contributed by atoms with Crippen LogP contribution in [0.2, 0.25) is 0 Å². The zero-order chi connectivity index (χ0) is 13.7. The van der Waals surface area contributed by atoms with Crippen molar-refractivity contribution in [2.24, 2.45) is 0 Å². The van der Waals surface area contributed by atoms with Gasteiger partial charge in [-0.2, -0.15) is 0 Å². The minimum atomic E-state index is -0.814. The standard InChI is InChI=1S/C14H18BrNO3/c15-12-3-1-2-11(8-12)9-13(17)16-10-14(18)4-6-19-7-5-14/h1-3,8,18H,4-7,9-10H2,(H,16,17). The van der Waals surface area contributed by atoms with Gasteiger partial charge in [-0.1, -0.05) is 28.1 Å². The van der Waals surface area contributed by atoms with Crippen molar-refractivity contribution in [2.45, 2.75) is 24.9 Å². The lowest BCUT2D eigenvalue weighted by molar-refractivity contribution is -0.123. The quantitative estimate of drug-likeness (QED) is 0.884. The fourth-order valence-electron chi connectivity index (χ4n) is 2.09. The van der Waals surface area contributed by atoms with E-state index in [0.29, 0.717) is 39.0 Å². The summed E-state index contributed by atoms with van der Waals surface area (Å²) >= 11 is 3.38. The Bertz CT molecular complexity index is 444. The molecule has 19 heavy (non-hydrogen) atoms. The van der Waals surface area contributed by atoms with Crippen molar-refractivity contribution in [1.29, 1.82) is 0 Å². The van der Waals surface area contributed by atoms with Gasteiger partial charge in [0.1, 0.15) is 0 Å². The van der Waals surface area contributed by atoms with Gasteiger partial charge in [0.05, 0.1) is 12.0 Å². The Morgan fingerprint density at radius 2 is 2.16 bits per heavy atom. The van der Waals surface area contributed by atoms with Crippen LogP contribution < -0.4 is 5.32 Å². The van der Waals surface area contributed by atoms with E-state index in [1.54, 1.807) is 0 Å². The first-order chi connectivity index (χ1) is 9.07. The van der Waals surface area contributed by atoms with Crippen molar-refractivity contribution >= 4 is 21.8 Å². The second kappa shape index (κ2) is 6.50. The van der Waals surface area contributed by atoms with Gasteiger partial charge in [0, 0.05) is 37.1 Å². The van der Waals surface area contributed by atoms with Crippen LogP contribution in [0.3, 0.4) is 0 Å². The molecule has 0 radical (unpaired) electrons. The number of carbonyl (C=O) groups is 1. The summed E-state index contributed by atoms with van der Waals surface area (Å²) in [6, 6.07) is 7.65. The smallest absolute Gasteiger partial charge is 0.224 e. The summed E-state index contributed by atoms with van der Waals surface area (Å²) in [4.78, 5) is 11.8. The first-order valence-electron chi connectivity index (χ1n) is 6.39. The fourth-order valence-corrected chi connectivity index (χ4v) is 2.53. The Morgan fingerprint density at radius 1 is 1.42 bits per heavy atom. The third kappa shape index (κ3) is 4.60. The number of aliphatic hydroxyl groups is 1. The highest BCUT2D eigenvalue weighted by atomic mass is 79.9. The summed E-state index contributed by atoms with van der Waals surface area (Å²) in [5, 5.41) is 13.0. The Balaban J connectivity index is 1.81. The van der Waals surface area contributed by atoms with Crippen LogP contribution in [-0.4, -0.2) is 36.4 Å². The zero-order valence-corrected chi connectivity index (χ0v) is 12.3. The number of amides is 1. The molecule has 1 fully saturated rings. The molecule has 4 nitrogen and oxygen atoms in total. The van der Waals surface area contributed by atoms with Crippen molar-refractivity contribution in [1.82, 2.24) is 5.32 Å². The van der Waals surface area contributed by atoms with E-state index in [-0.39, 0.29) is 5.91 Å². The number of halogens is 1. The normalized spacial score (nSPS) is 18.0. The van der Waals surface area contributed by atoms with Crippen LogP contribution in [0, 0.1) is 0 Å². The number of carbonyl (C=O) groups excluding carboxylic acids is 1. The maximum atomic E-state index is 11.8. The molecule has 2 rings (SSSR count). The highest BCUT2D eigenvalue weighted by molar-refractivity contribution is 9.10. The van der Waals surface area contributed by atoms with Gasteiger partial charge in [-0.25, -0.2) is 0 Å². The number of benzene rings is 1. The van der Waals surface area contributed by atoms with E-state index < -0.39 is 5.60 Å². The molecule has 0 aliphatic carbocycles. The second-order valence-corrected chi connectivity index (χ2v) is 5.84. The maximum Gasteiger partial charge on any atom is 0.224 e. The first kappa shape index (κ1) is 14.5. The largest absolute Gasteiger partial charge is 0.388 e. The van der Waals surface area contributed by atoms with Gasteiger partial charge in [0.2, 0.25) is 5.91 Å². The molecule has 1 amide bonds. The second-order valence-electron chi connectivity index (χ2n) is 4.92. The topological polar surface area (TPSA) is 58.6 Å². The van der Waals surface area contributed by atoms with Crippen molar-refractivity contribution in [3.05, 3.63) is 34.3 Å². The zero-order valence-electron chi connectivity index (χ0n) is 10.7. The van der Waals surface area contributed by atoms with Crippen LogP contribution in [0.5, 0.6) is 0 Å². The summed E-state index contributed by atoms with van der Waals surface area (Å²) in [5.41, 5.74) is 0.136. The van der Waals surface area contributed by atoms with Gasteiger partial charge in [-0.15, -0.1) is 0 Å². The molecule has 104 valence electrons. The molecular weight excluding hydrogens is 310 g/mol. The molecule has 1 aromatic carbocycles. The first-order valence-corrected chi connectivity index (χ1v) is 7.18. The Labute approximate surface area is 121 Å². The molecule has 0 spiro atoms. The third-order valence-electron chi connectivity index (χ3n) is 3.29. The number of rotatable bonds is 4. The summed E-state index contributed by atoms with van der Waals surface area (Å²) in [5.74, 6) is -0.0713. The van der Waals surface area contributed by atoms with Gasteiger partial charge < -0.3 is 15.2 Å². The van der Waals surface area contributed by atoms with E-state index in [4.69, 9.17) is 4.74 Å². The van der Waals surface area contributed by atoms with Gasteiger partial charge in [-0.3, -0.25) is 4.79 Å². The lowest BCUT2D eigenvalue weighted by atomic mass is 9.94. The van der Waals surface area contributed by atoms with E-state index in [0.717, 1.165) is 10.0 Å². The summed E-state index contributed by atoms with van der Waals surface area (Å²) in [6.45, 7) is 1.40. The summed E-state index contributed by atoms with van der Waals surface area (Å²) < 4.78 is 6.16. The van der Waals surface area contributed by atoms with E-state index in [2.05, 4.69) is 21.2 Å². The van der Waals surface area contributed by atoms with E-state index in [1.807, 2.05) is 24.3 Å². The van der Waals surface area contributed by atoms with Crippen LogP contribution in [0.25, 0.3) is 0 Å². The molecule has 0 saturated carbocycles. The molecule has 2 N–H and O–H groups in total. The third-order valence-corrected chi connectivity index (χ3v) is 3.79. The summed E-state index contributed by atoms with van der Waals surface area (Å²) in [7, 11) is 0. The Kier molecular flexibility index (Phi) is 4.96. The molecule has 1 aliphatic rings. The minimum absolute atomic E-state index is 0.0713. The Morgan fingerprint density at radius 3 is 2.84 bits per heavy atom. The van der Waals surface area contributed by atoms with E-state index in [1.165, 1.54) is 0 Å². The van der Waals surface area contributed by atoms with Crippen molar-refractivity contribution in [3.63, 3.8) is 0 Å². The number of hydrogen-bond donors (Lipinski definition) is 2. The predicted molar refractivity (Wildman–Crippen MR) is 75.9 cm³/mol. The van der Waals surface area contributed by atoms with Crippen molar-refractivity contribution < 1.29 is 14.6 Å². The van der Waals surface area contributed by atoms with Gasteiger partial charge in [0.25, 0.3) is 0 Å². The SMILES string of the molecule is O=C(Cc1cccc(Br)c1)NCC1(O)CCOCC1. The van der Waals surface area contributed by atoms with Crippen LogP contribution >= 0.6 is 15.9 Å². The van der Waals surface area contributed by atoms with Gasteiger partial charge in [-0.05, 0) is 17.7 Å². The molecule has 1 aromatic rings. The monoisotopic (exact) mass is 327 g/mol. The molecular formula is C14H18BrNO3. The number of nitrogens with one attached hydrogen (secondary N) is 1. The van der Waals surface area contributed by atoms with Crippen LogP contribution in [0.4, 0.5) is 0 Å². The molecule has 0 unspecified atom stereocenters. The average molecular weight is 328 g/mol. The number of hydrogen-bond acceptors (Lipinski definition) is 3. The number of ether oxygens (including phenoxy) is 1. The van der Waals surface area contributed by atoms with Crippen LogP contribution in [0.1, 0.15) is 18.4 Å². The molecule has 0 aromatic heterocycles. The molecule has 0 atom stereocenters. The molecule has 5 heteroatoms.